The van der Waals surface area contributed by atoms with Crippen LogP contribution in [0.2, 0.25) is 0 Å². The van der Waals surface area contributed by atoms with Crippen molar-refractivity contribution in [3.05, 3.63) is 10.6 Å². The van der Waals surface area contributed by atoms with Crippen LogP contribution in [0.25, 0.3) is 0 Å². The Morgan fingerprint density at radius 3 is 2.50 bits per heavy atom. The molecule has 0 heterocycles. The second-order valence-corrected chi connectivity index (χ2v) is 5.47. The van der Waals surface area contributed by atoms with Crippen LogP contribution in [0.3, 0.4) is 0 Å². The summed E-state index contributed by atoms with van der Waals surface area (Å²) in [5, 5.41) is 8.40. The van der Waals surface area contributed by atoms with Gasteiger partial charge in [0.05, 0.1) is 5.41 Å². The van der Waals surface area contributed by atoms with Crippen LogP contribution in [0, 0.1) is 28.3 Å². The van der Waals surface area contributed by atoms with Gasteiger partial charge in [0, 0.05) is 5.92 Å². The monoisotopic (exact) mass is 261 g/mol. The van der Waals surface area contributed by atoms with E-state index in [2.05, 4.69) is 4.74 Å². The van der Waals surface area contributed by atoms with Crippen LogP contribution in [-0.4, -0.2) is 5.97 Å². The van der Waals surface area contributed by atoms with E-state index < -0.39 is 11.4 Å². The van der Waals surface area contributed by atoms with Gasteiger partial charge in [-0.05, 0) is 17.9 Å². The lowest BCUT2D eigenvalue weighted by molar-refractivity contribution is -0.145. The molecule has 0 amide bonds. The standard InChI is InChI=1S/C11H13Cl2NO2/c1-4-11(9(15)16-6-14)7(5-8(12)13)10(11,2)3/h5,7H,4H2,1-3H3. The predicted octanol–water partition coefficient (Wildman–Crippen LogP) is 3.38. The molecule has 0 aromatic carbocycles. The Hall–Kier alpha value is -0.720. The maximum Gasteiger partial charge on any atom is 0.328 e. The molecular formula is C11H13Cl2NO2. The van der Waals surface area contributed by atoms with E-state index in [1.165, 1.54) is 6.26 Å². The molecule has 1 fully saturated rings. The summed E-state index contributed by atoms with van der Waals surface area (Å²) in [6.45, 7) is 5.76. The molecule has 1 aliphatic carbocycles. The summed E-state index contributed by atoms with van der Waals surface area (Å²) in [6.07, 6.45) is 3.65. The van der Waals surface area contributed by atoms with E-state index in [0.29, 0.717) is 6.42 Å². The number of carbonyl (C=O) groups is 1. The van der Waals surface area contributed by atoms with Crippen LogP contribution in [0.5, 0.6) is 0 Å². The summed E-state index contributed by atoms with van der Waals surface area (Å²) in [4.78, 5) is 11.8. The number of carbonyl (C=O) groups excluding carboxylic acids is 1. The fourth-order valence-corrected chi connectivity index (χ4v) is 2.97. The van der Waals surface area contributed by atoms with Gasteiger partial charge in [-0.25, -0.2) is 0 Å². The van der Waals surface area contributed by atoms with E-state index in [0.717, 1.165) is 0 Å². The van der Waals surface area contributed by atoms with Gasteiger partial charge in [-0.15, -0.1) is 5.26 Å². The summed E-state index contributed by atoms with van der Waals surface area (Å²) < 4.78 is 4.60. The summed E-state index contributed by atoms with van der Waals surface area (Å²) in [7, 11) is 0. The number of hydrogen-bond donors (Lipinski definition) is 0. The summed E-state index contributed by atoms with van der Waals surface area (Å²) in [5.74, 6) is -0.589. The van der Waals surface area contributed by atoms with Crippen LogP contribution >= 0.6 is 23.2 Å². The van der Waals surface area contributed by atoms with Gasteiger partial charge in [-0.3, -0.25) is 4.79 Å². The molecular weight excluding hydrogens is 249 g/mol. The van der Waals surface area contributed by atoms with E-state index in [1.54, 1.807) is 6.08 Å². The number of hydrogen-bond acceptors (Lipinski definition) is 3. The molecule has 0 spiro atoms. The molecule has 0 aromatic heterocycles. The normalized spacial score (nSPS) is 30.1. The first-order valence-corrected chi connectivity index (χ1v) is 5.73. The van der Waals surface area contributed by atoms with Gasteiger partial charge < -0.3 is 4.74 Å². The molecule has 3 nitrogen and oxygen atoms in total. The van der Waals surface area contributed by atoms with Crippen molar-refractivity contribution in [2.75, 3.05) is 0 Å². The Morgan fingerprint density at radius 1 is 1.56 bits per heavy atom. The first-order valence-electron chi connectivity index (χ1n) is 4.97. The number of nitrogens with zero attached hydrogens (tertiary/aromatic N) is 1. The average Bonchev–Trinajstić information content (AvgIpc) is 2.63. The molecule has 2 atom stereocenters. The average molecular weight is 262 g/mol. The summed E-state index contributed by atoms with van der Waals surface area (Å²) in [6, 6.07) is 0. The highest BCUT2D eigenvalue weighted by Crippen LogP contribution is 2.72. The van der Waals surface area contributed by atoms with E-state index >= 15 is 0 Å². The zero-order chi connectivity index (χ0) is 12.6. The van der Waals surface area contributed by atoms with Crippen molar-refractivity contribution in [2.24, 2.45) is 16.7 Å². The Bertz CT molecular complexity index is 380. The van der Waals surface area contributed by atoms with Crippen LogP contribution in [0.4, 0.5) is 0 Å². The van der Waals surface area contributed by atoms with Gasteiger partial charge in [-0.1, -0.05) is 44.0 Å². The zero-order valence-electron chi connectivity index (χ0n) is 9.38. The molecule has 88 valence electrons. The van der Waals surface area contributed by atoms with Crippen molar-refractivity contribution in [1.29, 1.82) is 5.26 Å². The molecule has 2 unspecified atom stereocenters. The van der Waals surface area contributed by atoms with Crippen molar-refractivity contribution in [1.82, 2.24) is 0 Å². The third-order valence-electron chi connectivity index (χ3n) is 3.73. The molecule has 0 aromatic rings. The molecule has 5 heteroatoms. The van der Waals surface area contributed by atoms with Crippen molar-refractivity contribution in [3.63, 3.8) is 0 Å². The first-order chi connectivity index (χ1) is 7.34. The fourth-order valence-electron chi connectivity index (χ4n) is 2.71. The minimum atomic E-state index is -0.683. The first kappa shape index (κ1) is 13.3. The molecule has 0 saturated heterocycles. The minimum absolute atomic E-state index is 0.0872. The van der Waals surface area contributed by atoms with Crippen molar-refractivity contribution >= 4 is 29.2 Å². The molecule has 0 bridgehead atoms. The zero-order valence-corrected chi connectivity index (χ0v) is 10.9. The van der Waals surface area contributed by atoms with E-state index in [1.807, 2.05) is 20.8 Å². The van der Waals surface area contributed by atoms with Crippen LogP contribution in [0.15, 0.2) is 10.6 Å². The number of nitriles is 1. The molecule has 1 aliphatic rings. The summed E-state index contributed by atoms with van der Waals surface area (Å²) >= 11 is 11.2. The Morgan fingerprint density at radius 2 is 2.12 bits per heavy atom. The highest BCUT2D eigenvalue weighted by molar-refractivity contribution is 6.55. The summed E-state index contributed by atoms with van der Waals surface area (Å²) in [5.41, 5.74) is -0.970. The number of allylic oxidation sites excluding steroid dienone is 1. The maximum atomic E-state index is 11.8. The van der Waals surface area contributed by atoms with Crippen LogP contribution in [0.1, 0.15) is 27.2 Å². The van der Waals surface area contributed by atoms with Gasteiger partial charge >= 0.3 is 5.97 Å². The van der Waals surface area contributed by atoms with E-state index in [9.17, 15) is 4.79 Å². The number of esters is 1. The quantitative estimate of drug-likeness (QED) is 0.578. The minimum Gasteiger partial charge on any atom is -0.351 e. The molecule has 0 radical (unpaired) electrons. The number of rotatable bonds is 3. The third-order valence-corrected chi connectivity index (χ3v) is 3.98. The van der Waals surface area contributed by atoms with Gasteiger partial charge in [0.1, 0.15) is 4.49 Å². The van der Waals surface area contributed by atoms with Crippen molar-refractivity contribution in [2.45, 2.75) is 27.2 Å². The molecule has 1 saturated carbocycles. The smallest absolute Gasteiger partial charge is 0.328 e. The lowest BCUT2D eigenvalue weighted by Crippen LogP contribution is -2.22. The molecule has 1 rings (SSSR count). The topological polar surface area (TPSA) is 50.1 Å². The SMILES string of the molecule is CCC1(C(=O)OC#N)C(C=C(Cl)Cl)C1(C)C. The second kappa shape index (κ2) is 4.27. The highest BCUT2D eigenvalue weighted by atomic mass is 35.5. The van der Waals surface area contributed by atoms with Gasteiger partial charge in [0.2, 0.25) is 0 Å². The highest BCUT2D eigenvalue weighted by Gasteiger charge is 2.74. The van der Waals surface area contributed by atoms with Gasteiger partial charge in [0.25, 0.3) is 6.26 Å². The fraction of sp³-hybridized carbons (Fsp3) is 0.636. The Balaban J connectivity index is 3.05. The largest absolute Gasteiger partial charge is 0.351 e. The molecule has 16 heavy (non-hydrogen) atoms. The Labute approximate surface area is 105 Å². The maximum absolute atomic E-state index is 11.8. The Kier molecular flexibility index (Phi) is 3.56. The van der Waals surface area contributed by atoms with E-state index in [-0.39, 0.29) is 15.8 Å². The van der Waals surface area contributed by atoms with Crippen molar-refractivity contribution in [3.8, 4) is 6.26 Å². The lowest BCUT2D eigenvalue weighted by atomic mass is 9.93. The van der Waals surface area contributed by atoms with Gasteiger partial charge in [0.15, 0.2) is 0 Å². The van der Waals surface area contributed by atoms with E-state index in [4.69, 9.17) is 28.5 Å². The van der Waals surface area contributed by atoms with Crippen LogP contribution in [-0.2, 0) is 9.53 Å². The number of ether oxygens (including phenoxy) is 1. The number of halogens is 2. The second-order valence-electron chi connectivity index (χ2n) is 4.46. The van der Waals surface area contributed by atoms with Crippen molar-refractivity contribution < 1.29 is 9.53 Å². The van der Waals surface area contributed by atoms with Crippen LogP contribution < -0.4 is 0 Å². The lowest BCUT2D eigenvalue weighted by Gasteiger charge is -2.13. The van der Waals surface area contributed by atoms with Gasteiger partial charge in [-0.2, -0.15) is 0 Å². The predicted molar refractivity (Wildman–Crippen MR) is 61.5 cm³/mol. The third kappa shape index (κ3) is 1.70. The molecule has 0 N–H and O–H groups in total. The molecule has 0 aliphatic heterocycles.